The molecule has 3 aromatic rings. The van der Waals surface area contributed by atoms with Crippen molar-refractivity contribution in [3.8, 4) is 11.3 Å². The molecule has 3 heterocycles. The number of pyridine rings is 1. The number of aliphatic imine (C=N–C) groups is 1. The molecule has 0 saturated carbocycles. The summed E-state index contributed by atoms with van der Waals surface area (Å²) in [5.74, 6) is 0.857. The lowest BCUT2D eigenvalue weighted by atomic mass is 10.1. The minimum atomic E-state index is -0.456. The Bertz CT molecular complexity index is 1220. The van der Waals surface area contributed by atoms with Gasteiger partial charge in [-0.1, -0.05) is 11.6 Å². The van der Waals surface area contributed by atoms with Crippen LogP contribution in [0.15, 0.2) is 69.2 Å². The molecule has 1 amide bonds. The zero-order chi connectivity index (χ0) is 22.0. The van der Waals surface area contributed by atoms with E-state index in [2.05, 4.69) is 9.98 Å². The lowest BCUT2D eigenvalue weighted by Gasteiger charge is -2.12. The summed E-state index contributed by atoms with van der Waals surface area (Å²) in [5, 5.41) is 11.7. The third-order valence-electron chi connectivity index (χ3n) is 4.43. The van der Waals surface area contributed by atoms with E-state index < -0.39 is 4.92 Å². The molecular weight excluding hydrogens is 440 g/mol. The normalized spacial score (nSPS) is 16.5. The van der Waals surface area contributed by atoms with E-state index in [9.17, 15) is 14.9 Å². The fourth-order valence-electron chi connectivity index (χ4n) is 2.89. The highest BCUT2D eigenvalue weighted by molar-refractivity contribution is 8.18. The molecule has 8 nitrogen and oxygen atoms in total. The number of rotatable bonds is 5. The van der Waals surface area contributed by atoms with Gasteiger partial charge in [-0.05, 0) is 49.0 Å². The first-order valence-corrected chi connectivity index (χ1v) is 10.4. The van der Waals surface area contributed by atoms with Gasteiger partial charge >= 0.3 is 0 Å². The second-order valence-electron chi connectivity index (χ2n) is 6.39. The molecule has 1 fully saturated rings. The monoisotopic (exact) mass is 454 g/mol. The molecule has 156 valence electrons. The number of carbonyl (C=O) groups is 1. The molecule has 0 radical (unpaired) electrons. The van der Waals surface area contributed by atoms with Crippen LogP contribution in [-0.4, -0.2) is 32.4 Å². The fraction of sp³-hybridized carbons (Fsp3) is 0.0952. The predicted octanol–water partition coefficient (Wildman–Crippen LogP) is 5.53. The minimum Gasteiger partial charge on any atom is -0.457 e. The van der Waals surface area contributed by atoms with E-state index >= 15 is 0 Å². The van der Waals surface area contributed by atoms with Crippen molar-refractivity contribution in [1.82, 2.24) is 9.88 Å². The van der Waals surface area contributed by atoms with Crippen LogP contribution in [0.1, 0.15) is 12.7 Å². The lowest BCUT2D eigenvalue weighted by Crippen LogP contribution is -2.28. The first kappa shape index (κ1) is 20.8. The first-order chi connectivity index (χ1) is 15.0. The van der Waals surface area contributed by atoms with E-state index in [1.54, 1.807) is 47.5 Å². The van der Waals surface area contributed by atoms with Gasteiger partial charge in [0, 0.05) is 42.7 Å². The number of hydrogen-bond donors (Lipinski definition) is 0. The van der Waals surface area contributed by atoms with Crippen LogP contribution in [0.2, 0.25) is 5.02 Å². The van der Waals surface area contributed by atoms with Crippen molar-refractivity contribution in [1.29, 1.82) is 0 Å². The van der Waals surface area contributed by atoms with Crippen LogP contribution in [0.5, 0.6) is 0 Å². The molecule has 4 rings (SSSR count). The molecular formula is C21H15ClN4O4S. The Morgan fingerprint density at radius 1 is 1.26 bits per heavy atom. The van der Waals surface area contributed by atoms with Gasteiger partial charge in [-0.15, -0.1) is 0 Å². The van der Waals surface area contributed by atoms with Crippen LogP contribution < -0.4 is 0 Å². The largest absolute Gasteiger partial charge is 0.457 e. The smallest absolute Gasteiger partial charge is 0.269 e. The van der Waals surface area contributed by atoms with E-state index in [4.69, 9.17) is 16.0 Å². The van der Waals surface area contributed by atoms with Crippen LogP contribution in [-0.2, 0) is 4.79 Å². The summed E-state index contributed by atoms with van der Waals surface area (Å²) in [6.07, 6.45) is 4.74. The number of aromatic nitrogens is 1. The fourth-order valence-corrected chi connectivity index (χ4v) is 4.09. The van der Waals surface area contributed by atoms with Crippen LogP contribution in [0.4, 0.5) is 11.4 Å². The third kappa shape index (κ3) is 4.37. The molecule has 31 heavy (non-hydrogen) atoms. The zero-order valence-electron chi connectivity index (χ0n) is 16.2. The molecule has 1 aliphatic rings. The SMILES string of the molecule is CCN1C(=O)/C(=C\c2ccc(-c3ccc([N+](=O)[O-])cc3)o2)SC1=Nc1ccncc1Cl. The first-order valence-electron chi connectivity index (χ1n) is 9.20. The predicted molar refractivity (Wildman–Crippen MR) is 120 cm³/mol. The second kappa shape index (κ2) is 8.75. The number of carbonyl (C=O) groups excluding carboxylic acids is 1. The molecule has 1 aromatic carbocycles. The van der Waals surface area contributed by atoms with Crippen molar-refractivity contribution in [3.63, 3.8) is 0 Å². The molecule has 0 atom stereocenters. The Morgan fingerprint density at radius 3 is 2.71 bits per heavy atom. The Hall–Kier alpha value is -3.43. The topological polar surface area (TPSA) is 102 Å². The summed E-state index contributed by atoms with van der Waals surface area (Å²) in [5.41, 5.74) is 1.24. The number of nitro groups is 1. The van der Waals surface area contributed by atoms with Crippen LogP contribution in [0.25, 0.3) is 17.4 Å². The number of thioether (sulfide) groups is 1. The molecule has 0 bridgehead atoms. The number of furan rings is 1. The number of nitro benzene ring substituents is 1. The molecule has 10 heteroatoms. The van der Waals surface area contributed by atoms with Gasteiger partial charge in [0.15, 0.2) is 5.17 Å². The van der Waals surface area contributed by atoms with E-state index in [0.717, 1.165) is 0 Å². The summed E-state index contributed by atoms with van der Waals surface area (Å²) >= 11 is 7.37. The number of hydrogen-bond acceptors (Lipinski definition) is 7. The summed E-state index contributed by atoms with van der Waals surface area (Å²) in [6.45, 7) is 2.32. The summed E-state index contributed by atoms with van der Waals surface area (Å²) in [6, 6.07) is 11.2. The molecule has 0 N–H and O–H groups in total. The van der Waals surface area contributed by atoms with Gasteiger partial charge in [0.2, 0.25) is 0 Å². The number of benzene rings is 1. The zero-order valence-corrected chi connectivity index (χ0v) is 17.8. The van der Waals surface area contributed by atoms with E-state index in [1.807, 2.05) is 6.92 Å². The van der Waals surface area contributed by atoms with Gasteiger partial charge in [-0.3, -0.25) is 24.8 Å². The lowest BCUT2D eigenvalue weighted by molar-refractivity contribution is -0.384. The Morgan fingerprint density at radius 2 is 2.03 bits per heavy atom. The molecule has 0 aliphatic carbocycles. The molecule has 1 saturated heterocycles. The second-order valence-corrected chi connectivity index (χ2v) is 7.80. The van der Waals surface area contributed by atoms with Gasteiger partial charge in [-0.25, -0.2) is 4.99 Å². The number of nitrogens with zero attached hydrogens (tertiary/aromatic N) is 4. The summed E-state index contributed by atoms with van der Waals surface area (Å²) < 4.78 is 5.82. The average Bonchev–Trinajstić information content (AvgIpc) is 3.34. The molecule has 0 spiro atoms. The van der Waals surface area contributed by atoms with E-state index in [1.165, 1.54) is 30.1 Å². The maximum Gasteiger partial charge on any atom is 0.269 e. The van der Waals surface area contributed by atoms with Crippen molar-refractivity contribution in [2.75, 3.05) is 6.54 Å². The van der Waals surface area contributed by atoms with Gasteiger partial charge in [-0.2, -0.15) is 0 Å². The van der Waals surface area contributed by atoms with Crippen molar-refractivity contribution >= 4 is 51.9 Å². The molecule has 2 aromatic heterocycles. The summed E-state index contributed by atoms with van der Waals surface area (Å²) in [4.78, 5) is 33.6. The highest BCUT2D eigenvalue weighted by Crippen LogP contribution is 2.36. The Labute approximate surface area is 186 Å². The van der Waals surface area contributed by atoms with Crippen LogP contribution in [0.3, 0.4) is 0 Å². The maximum absolute atomic E-state index is 12.8. The number of likely N-dealkylation sites (N-methyl/N-ethyl adjacent to an activating group) is 1. The van der Waals surface area contributed by atoms with Crippen LogP contribution >= 0.6 is 23.4 Å². The van der Waals surface area contributed by atoms with Gasteiger partial charge in [0.05, 0.1) is 20.5 Å². The average molecular weight is 455 g/mol. The van der Waals surface area contributed by atoms with Crippen molar-refractivity contribution < 1.29 is 14.1 Å². The van der Waals surface area contributed by atoms with Gasteiger partial charge in [0.25, 0.3) is 11.6 Å². The van der Waals surface area contributed by atoms with Crippen LogP contribution in [0, 0.1) is 10.1 Å². The highest BCUT2D eigenvalue weighted by atomic mass is 35.5. The van der Waals surface area contributed by atoms with Crippen molar-refractivity contribution in [2.45, 2.75) is 6.92 Å². The van der Waals surface area contributed by atoms with Gasteiger partial charge < -0.3 is 4.42 Å². The number of amides is 1. The Kier molecular flexibility index (Phi) is 5.88. The standard InChI is InChI=1S/C21H15ClN4O4S/c1-2-25-20(27)19(31-21(25)24-17-9-10-23-12-16(17)22)11-15-7-8-18(30-15)13-3-5-14(6-4-13)26(28)29/h3-12H,2H2,1H3/b19-11+,24-21?. The quantitative estimate of drug-likeness (QED) is 0.285. The number of non-ortho nitro benzene ring substituents is 1. The van der Waals surface area contributed by atoms with Crippen molar-refractivity contribution in [2.24, 2.45) is 4.99 Å². The minimum absolute atomic E-state index is 0.00590. The molecule has 1 aliphatic heterocycles. The Balaban J connectivity index is 1.60. The summed E-state index contributed by atoms with van der Waals surface area (Å²) in [7, 11) is 0. The van der Waals surface area contributed by atoms with Crippen molar-refractivity contribution in [3.05, 3.63) is 80.7 Å². The van der Waals surface area contributed by atoms with E-state index in [0.29, 0.717) is 44.4 Å². The highest BCUT2D eigenvalue weighted by Gasteiger charge is 2.32. The third-order valence-corrected chi connectivity index (χ3v) is 5.73. The number of halogens is 1. The maximum atomic E-state index is 12.8. The number of amidine groups is 1. The van der Waals surface area contributed by atoms with Gasteiger partial charge in [0.1, 0.15) is 11.5 Å². The van der Waals surface area contributed by atoms with E-state index in [-0.39, 0.29) is 11.6 Å². The molecule has 0 unspecified atom stereocenters.